The normalized spacial score (nSPS) is 13.9. The van der Waals surface area contributed by atoms with Crippen molar-refractivity contribution in [2.75, 3.05) is 13.1 Å². The average molecular weight is 526 g/mol. The number of rotatable bonds is 9. The molecule has 1 heterocycles. The predicted octanol–water partition coefficient (Wildman–Crippen LogP) is 6.65. The van der Waals surface area contributed by atoms with E-state index in [2.05, 4.69) is 4.57 Å². The molecule has 1 aliphatic carbocycles. The van der Waals surface area contributed by atoms with Crippen molar-refractivity contribution in [1.29, 1.82) is 0 Å². The fourth-order valence-electron chi connectivity index (χ4n) is 5.61. The van der Waals surface area contributed by atoms with Crippen LogP contribution in [0.15, 0.2) is 85.1 Å². The Kier molecular flexibility index (Phi) is 8.40. The topological polar surface area (TPSA) is 45.6 Å². The van der Waals surface area contributed by atoms with Crippen LogP contribution < -0.4 is 0 Å². The Labute approximate surface area is 229 Å². The smallest absolute Gasteiger partial charge is 0.254 e. The van der Waals surface area contributed by atoms with Crippen LogP contribution in [0.2, 0.25) is 0 Å². The summed E-state index contributed by atoms with van der Waals surface area (Å²) in [6.45, 7) is 3.52. The second-order valence-electron chi connectivity index (χ2n) is 10.4. The average Bonchev–Trinajstić information content (AvgIpc) is 3.41. The van der Waals surface area contributed by atoms with Gasteiger partial charge in [0.2, 0.25) is 5.91 Å². The first kappa shape index (κ1) is 26.7. The van der Waals surface area contributed by atoms with Gasteiger partial charge in [-0.25, -0.2) is 4.39 Å². The Morgan fingerprint density at radius 3 is 2.38 bits per heavy atom. The van der Waals surface area contributed by atoms with Crippen LogP contribution in [0.1, 0.15) is 60.6 Å². The molecule has 3 aromatic carbocycles. The van der Waals surface area contributed by atoms with Crippen molar-refractivity contribution in [1.82, 2.24) is 14.4 Å². The van der Waals surface area contributed by atoms with Crippen LogP contribution in [0.3, 0.4) is 0 Å². The molecule has 0 radical (unpaired) electrons. The zero-order valence-electron chi connectivity index (χ0n) is 22.6. The molecule has 6 heteroatoms. The Morgan fingerprint density at radius 2 is 1.64 bits per heavy atom. The van der Waals surface area contributed by atoms with Gasteiger partial charge in [0.15, 0.2) is 0 Å². The van der Waals surface area contributed by atoms with Gasteiger partial charge in [-0.15, -0.1) is 0 Å². The highest BCUT2D eigenvalue weighted by Crippen LogP contribution is 2.25. The largest absolute Gasteiger partial charge is 0.345 e. The second-order valence-corrected chi connectivity index (χ2v) is 10.4. The van der Waals surface area contributed by atoms with E-state index in [4.69, 9.17) is 0 Å². The van der Waals surface area contributed by atoms with E-state index >= 15 is 0 Å². The molecule has 5 nitrogen and oxygen atoms in total. The number of benzene rings is 3. The van der Waals surface area contributed by atoms with E-state index in [1.807, 2.05) is 72.6 Å². The number of carbonyl (C=O) groups excluding carboxylic acids is 2. The molecule has 0 N–H and O–H groups in total. The van der Waals surface area contributed by atoms with Gasteiger partial charge in [0.05, 0.1) is 6.54 Å². The Bertz CT molecular complexity index is 1420. The number of nitrogens with zero attached hydrogens (tertiary/aromatic N) is 3. The Hall–Kier alpha value is -3.93. The summed E-state index contributed by atoms with van der Waals surface area (Å²) in [5.74, 6) is -0.397. The Balaban J connectivity index is 1.34. The number of hydrogen-bond donors (Lipinski definition) is 0. The fourth-order valence-corrected chi connectivity index (χ4v) is 5.61. The number of likely N-dealkylation sites (N-methyl/N-ethyl adjacent to an activating group) is 1. The molecule has 4 aromatic rings. The summed E-state index contributed by atoms with van der Waals surface area (Å²) >= 11 is 0. The highest BCUT2D eigenvalue weighted by Gasteiger charge is 2.29. The van der Waals surface area contributed by atoms with E-state index in [1.165, 1.54) is 18.6 Å². The Morgan fingerprint density at radius 1 is 0.897 bits per heavy atom. The molecule has 0 aliphatic heterocycles. The third-order valence-corrected chi connectivity index (χ3v) is 7.85. The first-order valence-corrected chi connectivity index (χ1v) is 14.0. The lowest BCUT2D eigenvalue weighted by Gasteiger charge is -2.36. The molecule has 1 saturated carbocycles. The molecule has 0 spiro atoms. The van der Waals surface area contributed by atoms with Crippen LogP contribution in [0.4, 0.5) is 4.39 Å². The van der Waals surface area contributed by atoms with Crippen LogP contribution in [0.25, 0.3) is 10.8 Å². The van der Waals surface area contributed by atoms with E-state index in [0.717, 1.165) is 47.7 Å². The first-order valence-electron chi connectivity index (χ1n) is 14.0. The molecular weight excluding hydrogens is 489 g/mol. The van der Waals surface area contributed by atoms with Gasteiger partial charge in [0, 0.05) is 36.6 Å². The molecule has 2 amide bonds. The summed E-state index contributed by atoms with van der Waals surface area (Å²) in [5, 5.41) is 2.09. The van der Waals surface area contributed by atoms with E-state index in [-0.39, 0.29) is 30.2 Å². The molecule has 1 aliphatic rings. The summed E-state index contributed by atoms with van der Waals surface area (Å²) in [5.41, 5.74) is 2.63. The third-order valence-electron chi connectivity index (χ3n) is 7.85. The van der Waals surface area contributed by atoms with Crippen LogP contribution in [-0.2, 0) is 17.9 Å². The van der Waals surface area contributed by atoms with Crippen LogP contribution in [0, 0.1) is 5.82 Å². The van der Waals surface area contributed by atoms with Crippen molar-refractivity contribution >= 4 is 22.6 Å². The van der Waals surface area contributed by atoms with Gasteiger partial charge in [0.25, 0.3) is 5.91 Å². The number of aromatic nitrogens is 1. The number of carbonyl (C=O) groups is 2. The van der Waals surface area contributed by atoms with Gasteiger partial charge in [-0.3, -0.25) is 9.59 Å². The van der Waals surface area contributed by atoms with Crippen molar-refractivity contribution < 1.29 is 14.0 Å². The molecule has 1 fully saturated rings. The summed E-state index contributed by atoms with van der Waals surface area (Å²) < 4.78 is 15.5. The molecule has 5 rings (SSSR count). The highest BCUT2D eigenvalue weighted by molar-refractivity contribution is 6.00. The van der Waals surface area contributed by atoms with Gasteiger partial charge in [-0.05, 0) is 72.5 Å². The van der Waals surface area contributed by atoms with Gasteiger partial charge in [0.1, 0.15) is 12.4 Å². The van der Waals surface area contributed by atoms with Gasteiger partial charge >= 0.3 is 0 Å². The zero-order valence-corrected chi connectivity index (χ0v) is 22.6. The van der Waals surface area contributed by atoms with Gasteiger partial charge < -0.3 is 14.4 Å². The first-order chi connectivity index (χ1) is 19.0. The highest BCUT2D eigenvalue weighted by atomic mass is 19.1. The van der Waals surface area contributed by atoms with Crippen LogP contribution in [-0.4, -0.2) is 45.3 Å². The van der Waals surface area contributed by atoms with E-state index in [9.17, 15) is 14.0 Å². The minimum absolute atomic E-state index is 0.0209. The lowest BCUT2D eigenvalue weighted by atomic mass is 9.94. The van der Waals surface area contributed by atoms with E-state index in [1.54, 1.807) is 17.0 Å². The lowest BCUT2D eigenvalue weighted by molar-refractivity contribution is -0.135. The van der Waals surface area contributed by atoms with Crippen LogP contribution in [0.5, 0.6) is 0 Å². The molecule has 0 atom stereocenters. The maximum atomic E-state index is 13.9. The molecule has 0 saturated heterocycles. The second kappa shape index (κ2) is 12.3. The summed E-state index contributed by atoms with van der Waals surface area (Å²) in [4.78, 5) is 31.0. The minimum atomic E-state index is -0.251. The summed E-state index contributed by atoms with van der Waals surface area (Å²) in [6, 6.07) is 24.4. The molecule has 1 aromatic heterocycles. The maximum Gasteiger partial charge on any atom is 0.254 e. The summed E-state index contributed by atoms with van der Waals surface area (Å²) in [7, 11) is 0. The maximum absolute atomic E-state index is 13.9. The lowest BCUT2D eigenvalue weighted by Crippen LogP contribution is -2.47. The molecule has 39 heavy (non-hydrogen) atoms. The minimum Gasteiger partial charge on any atom is -0.345 e. The van der Waals surface area contributed by atoms with Crippen molar-refractivity contribution in [2.24, 2.45) is 0 Å². The SMILES string of the molecule is CCN(CC(=O)N(Cc1cccn1Cc1ccc(F)cc1)C1CCCCC1)C(=O)c1ccc2ccccc2c1. The van der Waals surface area contributed by atoms with Gasteiger partial charge in [-0.1, -0.05) is 61.7 Å². The van der Waals surface area contributed by atoms with Crippen LogP contribution >= 0.6 is 0 Å². The van der Waals surface area contributed by atoms with Crippen molar-refractivity contribution in [3.05, 3.63) is 108 Å². The number of halogens is 1. The van der Waals surface area contributed by atoms with Gasteiger partial charge in [-0.2, -0.15) is 0 Å². The van der Waals surface area contributed by atoms with Crippen molar-refractivity contribution in [3.8, 4) is 0 Å². The van der Waals surface area contributed by atoms with Crippen molar-refractivity contribution in [3.63, 3.8) is 0 Å². The molecular formula is C33H36FN3O2. The van der Waals surface area contributed by atoms with E-state index < -0.39 is 0 Å². The quantitative estimate of drug-likeness (QED) is 0.246. The molecule has 202 valence electrons. The predicted molar refractivity (Wildman–Crippen MR) is 153 cm³/mol. The zero-order chi connectivity index (χ0) is 27.2. The summed E-state index contributed by atoms with van der Waals surface area (Å²) in [6.07, 6.45) is 7.38. The van der Waals surface area contributed by atoms with Crippen molar-refractivity contribution in [2.45, 2.75) is 58.2 Å². The molecule has 0 bridgehead atoms. The number of hydrogen-bond acceptors (Lipinski definition) is 2. The third kappa shape index (κ3) is 6.39. The molecule has 0 unspecified atom stereocenters. The number of fused-ring (bicyclic) bond motifs is 1. The number of amides is 2. The standard InChI is InChI=1S/C33H36FN3O2/c1-2-35(33(39)28-17-16-26-9-6-7-10-27(26)21-28)24-32(38)37(30-11-4-3-5-12-30)23-31-13-8-20-36(31)22-25-14-18-29(34)19-15-25/h6-10,13-21,30H,2-5,11-12,22-24H2,1H3. The fraction of sp³-hybridized carbons (Fsp3) is 0.333. The monoisotopic (exact) mass is 525 g/mol. The van der Waals surface area contributed by atoms with E-state index in [0.29, 0.717) is 25.2 Å².